The van der Waals surface area contributed by atoms with Gasteiger partial charge in [0.15, 0.2) is 21.3 Å². The highest BCUT2D eigenvalue weighted by Crippen LogP contribution is 2.34. The van der Waals surface area contributed by atoms with E-state index in [-0.39, 0.29) is 22.7 Å². The van der Waals surface area contributed by atoms with Crippen LogP contribution in [-0.4, -0.2) is 71.8 Å². The van der Waals surface area contributed by atoms with Gasteiger partial charge in [-0.05, 0) is 63.5 Å². The SMILES string of the molecule is CCCS(=O)(=O)Cc1ccc(F)c(-n2cc(-c3cncc(CC)c3)c3nc(N(C)C4CCN(C)CC4)cnc32)c1F. The Morgan fingerprint density at radius 3 is 2.56 bits per heavy atom. The number of hydrogen-bond donors (Lipinski definition) is 0. The highest BCUT2D eigenvalue weighted by atomic mass is 32.2. The number of sulfone groups is 1. The minimum Gasteiger partial charge on any atom is -0.355 e. The molecule has 4 aromatic rings. The third-order valence-corrected chi connectivity index (χ3v) is 9.65. The molecule has 1 saturated heterocycles. The quantitative estimate of drug-likeness (QED) is 0.269. The Hall–Kier alpha value is -3.44. The molecule has 0 atom stereocenters. The molecule has 1 aromatic carbocycles. The fourth-order valence-corrected chi connectivity index (χ4v) is 6.93. The van der Waals surface area contributed by atoms with Gasteiger partial charge in [0.2, 0.25) is 0 Å². The molecule has 11 heteroatoms. The number of fused-ring (bicyclic) bond motifs is 1. The summed E-state index contributed by atoms with van der Waals surface area (Å²) in [5.74, 6) is -1.66. The molecule has 0 aliphatic carbocycles. The molecule has 1 aliphatic rings. The number of hydrogen-bond acceptors (Lipinski definition) is 7. The molecule has 0 bridgehead atoms. The van der Waals surface area contributed by atoms with Gasteiger partial charge in [-0.2, -0.15) is 0 Å². The molecular formula is C30H36F2N6O2S. The van der Waals surface area contributed by atoms with E-state index >= 15 is 8.78 Å². The number of piperidine rings is 1. The van der Waals surface area contributed by atoms with Crippen molar-refractivity contribution in [3.63, 3.8) is 0 Å². The number of aromatic nitrogens is 4. The number of nitrogens with zero attached hydrogens (tertiary/aromatic N) is 6. The van der Waals surface area contributed by atoms with Crippen molar-refractivity contribution >= 4 is 26.8 Å². The number of pyridine rings is 1. The second-order valence-electron chi connectivity index (χ2n) is 10.9. The molecule has 3 aromatic heterocycles. The smallest absolute Gasteiger partial charge is 0.164 e. The van der Waals surface area contributed by atoms with Crippen LogP contribution in [0.1, 0.15) is 44.2 Å². The first-order valence-corrected chi connectivity index (χ1v) is 15.9. The summed E-state index contributed by atoms with van der Waals surface area (Å²) in [6.45, 7) is 5.76. The van der Waals surface area contributed by atoms with Gasteiger partial charge >= 0.3 is 0 Å². The number of likely N-dealkylation sites (tertiary alicyclic amines) is 1. The number of benzene rings is 1. The highest BCUT2D eigenvalue weighted by molar-refractivity contribution is 7.90. The Labute approximate surface area is 240 Å². The summed E-state index contributed by atoms with van der Waals surface area (Å²) in [6.07, 6.45) is 9.91. The third kappa shape index (κ3) is 5.97. The van der Waals surface area contributed by atoms with E-state index in [4.69, 9.17) is 4.98 Å². The fourth-order valence-electron chi connectivity index (χ4n) is 5.47. The first-order chi connectivity index (χ1) is 19.6. The molecular weight excluding hydrogens is 546 g/mol. The molecule has 1 aliphatic heterocycles. The van der Waals surface area contributed by atoms with Crippen LogP contribution in [0.5, 0.6) is 0 Å². The Bertz CT molecular complexity index is 1670. The summed E-state index contributed by atoms with van der Waals surface area (Å²) in [4.78, 5) is 18.4. The van der Waals surface area contributed by atoms with Gasteiger partial charge in [0.1, 0.15) is 22.8 Å². The zero-order valence-corrected chi connectivity index (χ0v) is 24.8. The normalized spacial score (nSPS) is 15.1. The molecule has 0 saturated carbocycles. The second-order valence-corrected chi connectivity index (χ2v) is 13.0. The van der Waals surface area contributed by atoms with Crippen LogP contribution in [0.3, 0.4) is 0 Å². The molecule has 218 valence electrons. The number of rotatable bonds is 9. The van der Waals surface area contributed by atoms with Crippen LogP contribution >= 0.6 is 0 Å². The van der Waals surface area contributed by atoms with Crippen molar-refractivity contribution in [1.29, 1.82) is 0 Å². The van der Waals surface area contributed by atoms with Crippen molar-refractivity contribution in [2.45, 2.75) is 51.3 Å². The third-order valence-electron chi connectivity index (χ3n) is 7.87. The van der Waals surface area contributed by atoms with E-state index in [1.54, 1.807) is 31.7 Å². The van der Waals surface area contributed by atoms with Gasteiger partial charge < -0.3 is 9.80 Å². The number of halogens is 2. The zero-order valence-electron chi connectivity index (χ0n) is 23.9. The number of aryl methyl sites for hydroxylation is 1. The summed E-state index contributed by atoms with van der Waals surface area (Å²) in [6, 6.07) is 4.59. The lowest BCUT2D eigenvalue weighted by Crippen LogP contribution is -2.42. The summed E-state index contributed by atoms with van der Waals surface area (Å²) in [7, 11) is 0.562. The van der Waals surface area contributed by atoms with Gasteiger partial charge in [-0.3, -0.25) is 9.55 Å². The van der Waals surface area contributed by atoms with Crippen LogP contribution in [0.2, 0.25) is 0 Å². The van der Waals surface area contributed by atoms with E-state index in [0.717, 1.165) is 49.5 Å². The van der Waals surface area contributed by atoms with Crippen molar-refractivity contribution < 1.29 is 17.2 Å². The molecule has 41 heavy (non-hydrogen) atoms. The molecule has 0 amide bonds. The summed E-state index contributed by atoms with van der Waals surface area (Å²) < 4.78 is 57.6. The molecule has 0 unspecified atom stereocenters. The van der Waals surface area contributed by atoms with Gasteiger partial charge in [0.25, 0.3) is 0 Å². The molecule has 0 radical (unpaired) electrons. The van der Waals surface area contributed by atoms with Gasteiger partial charge in [-0.15, -0.1) is 0 Å². The van der Waals surface area contributed by atoms with Crippen molar-refractivity contribution in [3.8, 4) is 16.8 Å². The lowest BCUT2D eigenvalue weighted by molar-refractivity contribution is 0.252. The van der Waals surface area contributed by atoms with Crippen molar-refractivity contribution in [2.75, 3.05) is 37.8 Å². The van der Waals surface area contributed by atoms with E-state index in [1.807, 2.05) is 20.0 Å². The topological polar surface area (TPSA) is 84.2 Å². The van der Waals surface area contributed by atoms with Crippen LogP contribution in [0, 0.1) is 11.6 Å². The first kappa shape index (κ1) is 29.1. The van der Waals surface area contributed by atoms with E-state index in [9.17, 15) is 8.42 Å². The van der Waals surface area contributed by atoms with E-state index in [2.05, 4.69) is 26.8 Å². The molecule has 8 nitrogen and oxygen atoms in total. The fraction of sp³-hybridized carbons (Fsp3) is 0.433. The predicted octanol–water partition coefficient (Wildman–Crippen LogP) is 5.18. The van der Waals surface area contributed by atoms with Crippen LogP contribution in [0.25, 0.3) is 28.0 Å². The molecule has 5 rings (SSSR count). The average Bonchev–Trinajstić information content (AvgIpc) is 3.33. The van der Waals surface area contributed by atoms with Crippen molar-refractivity contribution in [2.24, 2.45) is 0 Å². The minimum absolute atomic E-state index is 0.0738. The molecule has 4 heterocycles. The summed E-state index contributed by atoms with van der Waals surface area (Å²) in [5, 5.41) is 0. The Morgan fingerprint density at radius 2 is 1.85 bits per heavy atom. The van der Waals surface area contributed by atoms with Crippen LogP contribution in [-0.2, 0) is 22.0 Å². The highest BCUT2D eigenvalue weighted by Gasteiger charge is 2.26. The average molecular weight is 583 g/mol. The standard InChI is InChI=1S/C30H36F2N6O2S/c1-5-13-41(39,40)19-21-7-8-25(31)29(27(21)32)38-18-24(22-14-20(6-2)15-33-16-22)28-30(38)34-17-26(35-28)37(4)23-9-11-36(3)12-10-23/h7-8,14-18,23H,5-6,9-13,19H2,1-4H3. The lowest BCUT2D eigenvalue weighted by atomic mass is 10.0. The Balaban J connectivity index is 1.67. The monoisotopic (exact) mass is 582 g/mol. The molecule has 0 spiro atoms. The molecule has 1 fully saturated rings. The van der Waals surface area contributed by atoms with Gasteiger partial charge in [0.05, 0.1) is 17.7 Å². The maximum Gasteiger partial charge on any atom is 0.164 e. The van der Waals surface area contributed by atoms with E-state index in [0.29, 0.717) is 29.4 Å². The maximum absolute atomic E-state index is 15.9. The van der Waals surface area contributed by atoms with Crippen LogP contribution in [0.4, 0.5) is 14.6 Å². The number of anilines is 1. The van der Waals surface area contributed by atoms with E-state index < -0.39 is 27.2 Å². The zero-order chi connectivity index (χ0) is 29.3. The van der Waals surface area contributed by atoms with Gasteiger partial charge in [0, 0.05) is 48.4 Å². The van der Waals surface area contributed by atoms with Gasteiger partial charge in [-0.25, -0.2) is 27.2 Å². The minimum atomic E-state index is -3.55. The van der Waals surface area contributed by atoms with Crippen LogP contribution < -0.4 is 4.90 Å². The Morgan fingerprint density at radius 1 is 1.10 bits per heavy atom. The van der Waals surface area contributed by atoms with E-state index in [1.165, 1.54) is 10.6 Å². The second kappa shape index (κ2) is 11.8. The van der Waals surface area contributed by atoms with Crippen LogP contribution in [0.15, 0.2) is 43.0 Å². The summed E-state index contributed by atoms with van der Waals surface area (Å²) in [5.41, 5.74) is 2.70. The predicted molar refractivity (Wildman–Crippen MR) is 158 cm³/mol. The summed E-state index contributed by atoms with van der Waals surface area (Å²) >= 11 is 0. The molecule has 0 N–H and O–H groups in total. The first-order valence-electron chi connectivity index (χ1n) is 14.0. The van der Waals surface area contributed by atoms with Crippen molar-refractivity contribution in [1.82, 2.24) is 24.4 Å². The maximum atomic E-state index is 15.9. The van der Waals surface area contributed by atoms with Gasteiger partial charge in [-0.1, -0.05) is 19.9 Å². The lowest BCUT2D eigenvalue weighted by Gasteiger charge is -2.35. The largest absolute Gasteiger partial charge is 0.355 e. The van der Waals surface area contributed by atoms with Crippen molar-refractivity contribution in [3.05, 3.63) is 65.7 Å². The Kier molecular flexibility index (Phi) is 8.37.